The Morgan fingerprint density at radius 1 is 1.10 bits per heavy atom. The minimum absolute atomic E-state index is 0.0737. The van der Waals surface area contributed by atoms with Crippen LogP contribution in [0.15, 0.2) is 0 Å². The molecule has 2 rings (SSSR count). The average Bonchev–Trinajstić information content (AvgIpc) is 2.80. The van der Waals surface area contributed by atoms with Gasteiger partial charge in [0.25, 0.3) is 0 Å². The topological polar surface area (TPSA) is 24.9 Å². The monoisotopic (exact) mass is 294 g/mol. The van der Waals surface area contributed by atoms with Crippen molar-refractivity contribution in [3.8, 4) is 0 Å². The molecule has 114 valence electrons. The molecule has 0 atom stereocenters. The van der Waals surface area contributed by atoms with Crippen LogP contribution < -0.4 is 5.32 Å². The molecule has 1 N–H and O–H groups in total. The molecule has 1 heterocycles. The highest BCUT2D eigenvalue weighted by atomic mass is 32.1. The summed E-state index contributed by atoms with van der Waals surface area (Å²) in [5.41, 5.74) is 1.47. The smallest absolute Gasteiger partial charge is 0.113 e. The zero-order valence-corrected chi connectivity index (χ0v) is 14.6. The SMILES string of the molecule is CNC(CC(C)C)(CC(C)C)c1nc2c(s1)CCCC2. The highest BCUT2D eigenvalue weighted by Gasteiger charge is 2.36. The van der Waals surface area contributed by atoms with Crippen LogP contribution in [0.1, 0.15) is 69.0 Å². The molecule has 1 aromatic rings. The number of aryl methyl sites for hydroxylation is 2. The molecule has 0 bridgehead atoms. The van der Waals surface area contributed by atoms with Crippen molar-refractivity contribution in [1.82, 2.24) is 10.3 Å². The summed E-state index contributed by atoms with van der Waals surface area (Å²) >= 11 is 1.98. The second-order valence-electron chi connectivity index (χ2n) is 7.12. The van der Waals surface area contributed by atoms with Gasteiger partial charge in [-0.15, -0.1) is 11.3 Å². The summed E-state index contributed by atoms with van der Waals surface area (Å²) in [7, 11) is 2.12. The molecule has 1 aliphatic rings. The van der Waals surface area contributed by atoms with Gasteiger partial charge in [0.2, 0.25) is 0 Å². The van der Waals surface area contributed by atoms with Gasteiger partial charge in [0.05, 0.1) is 11.2 Å². The maximum atomic E-state index is 5.06. The predicted octanol–water partition coefficient (Wildman–Crippen LogP) is 4.53. The molecule has 0 unspecified atom stereocenters. The Kier molecular flexibility index (Phi) is 5.25. The van der Waals surface area contributed by atoms with Crippen LogP contribution in [0, 0.1) is 11.8 Å². The van der Waals surface area contributed by atoms with E-state index in [1.807, 2.05) is 11.3 Å². The molecule has 1 aromatic heterocycles. The molecule has 0 radical (unpaired) electrons. The van der Waals surface area contributed by atoms with Gasteiger partial charge >= 0.3 is 0 Å². The number of nitrogens with zero attached hydrogens (tertiary/aromatic N) is 1. The fourth-order valence-electron chi connectivity index (χ4n) is 3.52. The first-order valence-corrected chi connectivity index (χ1v) is 8.96. The van der Waals surface area contributed by atoms with E-state index >= 15 is 0 Å². The maximum absolute atomic E-state index is 5.06. The Morgan fingerprint density at radius 3 is 2.20 bits per heavy atom. The molecule has 0 saturated carbocycles. The third kappa shape index (κ3) is 3.43. The van der Waals surface area contributed by atoms with E-state index in [4.69, 9.17) is 4.98 Å². The van der Waals surface area contributed by atoms with Gasteiger partial charge in [-0.05, 0) is 57.4 Å². The molecular formula is C17H30N2S. The summed E-state index contributed by atoms with van der Waals surface area (Å²) in [5.74, 6) is 1.37. The standard InChI is InChI=1S/C17H30N2S/c1-12(2)10-17(18-5,11-13(3)4)16-19-14-8-6-7-9-15(14)20-16/h12-13,18H,6-11H2,1-5H3. The second kappa shape index (κ2) is 6.57. The van der Waals surface area contributed by atoms with Crippen molar-refractivity contribution >= 4 is 11.3 Å². The number of fused-ring (bicyclic) bond motifs is 1. The molecule has 1 aliphatic carbocycles. The number of thiazole rings is 1. The van der Waals surface area contributed by atoms with E-state index in [0.29, 0.717) is 11.8 Å². The summed E-state index contributed by atoms with van der Waals surface area (Å²) in [6, 6.07) is 0. The van der Waals surface area contributed by atoms with Crippen LogP contribution in [0.4, 0.5) is 0 Å². The summed E-state index contributed by atoms with van der Waals surface area (Å²) in [6.45, 7) is 9.28. The van der Waals surface area contributed by atoms with E-state index in [9.17, 15) is 0 Å². The molecule has 0 saturated heterocycles. The van der Waals surface area contributed by atoms with E-state index in [0.717, 1.165) is 0 Å². The van der Waals surface area contributed by atoms with Crippen LogP contribution >= 0.6 is 11.3 Å². The lowest BCUT2D eigenvalue weighted by Gasteiger charge is -2.35. The fraction of sp³-hybridized carbons (Fsp3) is 0.824. The normalized spacial score (nSPS) is 15.9. The second-order valence-corrected chi connectivity index (χ2v) is 8.21. The largest absolute Gasteiger partial charge is 0.308 e. The van der Waals surface area contributed by atoms with Gasteiger partial charge in [0, 0.05) is 4.88 Å². The van der Waals surface area contributed by atoms with E-state index in [2.05, 4.69) is 40.1 Å². The van der Waals surface area contributed by atoms with Crippen LogP contribution in [-0.2, 0) is 18.4 Å². The lowest BCUT2D eigenvalue weighted by atomic mass is 9.82. The van der Waals surface area contributed by atoms with Gasteiger partial charge < -0.3 is 5.32 Å². The van der Waals surface area contributed by atoms with Crippen LogP contribution in [0.5, 0.6) is 0 Å². The van der Waals surface area contributed by atoms with Gasteiger partial charge in [0.15, 0.2) is 0 Å². The minimum atomic E-state index is 0.0737. The van der Waals surface area contributed by atoms with E-state index < -0.39 is 0 Å². The van der Waals surface area contributed by atoms with Gasteiger partial charge in [-0.1, -0.05) is 27.7 Å². The first-order chi connectivity index (χ1) is 9.47. The van der Waals surface area contributed by atoms with Crippen LogP contribution in [-0.4, -0.2) is 12.0 Å². The summed E-state index contributed by atoms with van der Waals surface area (Å²) < 4.78 is 0. The van der Waals surface area contributed by atoms with Crippen molar-refractivity contribution in [3.05, 3.63) is 15.6 Å². The molecule has 0 fully saturated rings. The Balaban J connectivity index is 2.35. The van der Waals surface area contributed by atoms with E-state index in [-0.39, 0.29) is 5.54 Å². The predicted molar refractivity (Wildman–Crippen MR) is 88.4 cm³/mol. The van der Waals surface area contributed by atoms with Gasteiger partial charge in [0.1, 0.15) is 5.01 Å². The number of rotatable bonds is 6. The van der Waals surface area contributed by atoms with Gasteiger partial charge in [-0.25, -0.2) is 4.98 Å². The Hall–Kier alpha value is -0.410. The van der Waals surface area contributed by atoms with Crippen molar-refractivity contribution in [2.75, 3.05) is 7.05 Å². The zero-order valence-electron chi connectivity index (χ0n) is 13.8. The van der Waals surface area contributed by atoms with E-state index in [1.165, 1.54) is 49.2 Å². The Labute approximate surface area is 128 Å². The van der Waals surface area contributed by atoms with Crippen LogP contribution in [0.25, 0.3) is 0 Å². The third-order valence-corrected chi connectivity index (χ3v) is 5.61. The van der Waals surface area contributed by atoms with Gasteiger partial charge in [-0.3, -0.25) is 0 Å². The maximum Gasteiger partial charge on any atom is 0.113 e. The lowest BCUT2D eigenvalue weighted by molar-refractivity contribution is 0.238. The van der Waals surface area contributed by atoms with Crippen LogP contribution in [0.2, 0.25) is 0 Å². The summed E-state index contributed by atoms with van der Waals surface area (Å²) in [5, 5.41) is 4.99. The zero-order chi connectivity index (χ0) is 14.8. The Bertz CT molecular complexity index is 401. The van der Waals surface area contributed by atoms with Gasteiger partial charge in [-0.2, -0.15) is 0 Å². The molecule has 2 nitrogen and oxygen atoms in total. The number of nitrogens with one attached hydrogen (secondary N) is 1. The highest BCUT2D eigenvalue weighted by molar-refractivity contribution is 7.11. The molecule has 0 aliphatic heterocycles. The highest BCUT2D eigenvalue weighted by Crippen LogP contribution is 2.39. The molecular weight excluding hydrogens is 264 g/mol. The van der Waals surface area contributed by atoms with Crippen molar-refractivity contribution < 1.29 is 0 Å². The van der Waals surface area contributed by atoms with Crippen molar-refractivity contribution in [2.45, 2.75) is 71.8 Å². The minimum Gasteiger partial charge on any atom is -0.308 e. The lowest BCUT2D eigenvalue weighted by Crippen LogP contribution is -2.42. The Morgan fingerprint density at radius 2 is 1.70 bits per heavy atom. The van der Waals surface area contributed by atoms with Crippen LogP contribution in [0.3, 0.4) is 0 Å². The van der Waals surface area contributed by atoms with Crippen molar-refractivity contribution in [2.24, 2.45) is 11.8 Å². The molecule has 0 amide bonds. The first kappa shape index (κ1) is 16.0. The number of hydrogen-bond donors (Lipinski definition) is 1. The molecule has 0 aromatic carbocycles. The molecule has 3 heteroatoms. The fourth-order valence-corrected chi connectivity index (χ4v) is 4.88. The molecule has 0 spiro atoms. The number of aromatic nitrogens is 1. The average molecular weight is 295 g/mol. The van der Waals surface area contributed by atoms with Crippen molar-refractivity contribution in [3.63, 3.8) is 0 Å². The summed E-state index contributed by atoms with van der Waals surface area (Å²) in [4.78, 5) is 6.61. The van der Waals surface area contributed by atoms with Crippen molar-refractivity contribution in [1.29, 1.82) is 0 Å². The third-order valence-electron chi connectivity index (χ3n) is 4.25. The first-order valence-electron chi connectivity index (χ1n) is 8.15. The molecule has 20 heavy (non-hydrogen) atoms. The quantitative estimate of drug-likeness (QED) is 0.834. The summed E-state index contributed by atoms with van der Waals surface area (Å²) in [6.07, 6.45) is 7.44. The van der Waals surface area contributed by atoms with E-state index in [1.54, 1.807) is 4.88 Å². The number of hydrogen-bond acceptors (Lipinski definition) is 3.